The third kappa shape index (κ3) is 10.4. The molecule has 17 heavy (non-hydrogen) atoms. The lowest BCUT2D eigenvalue weighted by Crippen LogP contribution is -2.22. The van der Waals surface area contributed by atoms with Gasteiger partial charge in [0.15, 0.2) is 0 Å². The van der Waals surface area contributed by atoms with Crippen molar-refractivity contribution < 1.29 is 19.1 Å². The Labute approximate surface area is 112 Å². The van der Waals surface area contributed by atoms with Gasteiger partial charge in [-0.1, -0.05) is 0 Å². The van der Waals surface area contributed by atoms with Crippen molar-refractivity contribution >= 4 is 35.1 Å². The molecule has 0 spiro atoms. The zero-order valence-corrected chi connectivity index (χ0v) is 11.4. The van der Waals surface area contributed by atoms with Crippen LogP contribution >= 0.6 is 23.2 Å². The highest BCUT2D eigenvalue weighted by Crippen LogP contribution is 2.01. The van der Waals surface area contributed by atoms with E-state index in [9.17, 15) is 9.59 Å². The lowest BCUT2D eigenvalue weighted by atomic mass is 10.3. The normalized spacial score (nSPS) is 11.9. The van der Waals surface area contributed by atoms with Crippen LogP contribution in [0.1, 0.15) is 32.6 Å². The quantitative estimate of drug-likeness (QED) is 0.482. The van der Waals surface area contributed by atoms with Crippen LogP contribution in [0.4, 0.5) is 0 Å². The highest BCUT2D eigenvalue weighted by molar-refractivity contribution is 6.18. The van der Waals surface area contributed by atoms with E-state index < -0.39 is 6.10 Å². The Bertz CT molecular complexity index is 234. The van der Waals surface area contributed by atoms with E-state index in [4.69, 9.17) is 32.7 Å². The Balaban J connectivity index is 3.60. The van der Waals surface area contributed by atoms with Crippen molar-refractivity contribution in [2.24, 2.45) is 0 Å². The summed E-state index contributed by atoms with van der Waals surface area (Å²) in [6, 6.07) is 0. The van der Waals surface area contributed by atoms with Gasteiger partial charge in [-0.25, -0.2) is 0 Å². The molecule has 100 valence electrons. The summed E-state index contributed by atoms with van der Waals surface area (Å²) in [5, 5.41) is 0. The number of rotatable bonds is 9. The number of ether oxygens (including phenoxy) is 2. The second kappa shape index (κ2) is 10.7. The maximum absolute atomic E-state index is 11.2. The summed E-state index contributed by atoms with van der Waals surface area (Å²) in [6.45, 7) is 1.75. The summed E-state index contributed by atoms with van der Waals surface area (Å²) in [5.74, 6) is 0.207. The van der Waals surface area contributed by atoms with Crippen molar-refractivity contribution in [3.05, 3.63) is 0 Å². The minimum atomic E-state index is -0.433. The SMILES string of the molecule is CC(COC(=O)CCCCl)OC(=O)CCCCl. The second-order valence-electron chi connectivity index (χ2n) is 3.57. The first-order valence-electron chi connectivity index (χ1n) is 5.57. The van der Waals surface area contributed by atoms with Crippen LogP contribution in [0.3, 0.4) is 0 Å². The van der Waals surface area contributed by atoms with Gasteiger partial charge in [0.25, 0.3) is 0 Å². The van der Waals surface area contributed by atoms with Gasteiger partial charge in [0.05, 0.1) is 0 Å². The third-order valence-electron chi connectivity index (χ3n) is 1.84. The number of hydrogen-bond acceptors (Lipinski definition) is 4. The van der Waals surface area contributed by atoms with Crippen LogP contribution in [-0.4, -0.2) is 36.4 Å². The summed E-state index contributed by atoms with van der Waals surface area (Å²) < 4.78 is 9.92. The molecule has 0 aliphatic rings. The maximum atomic E-state index is 11.2. The predicted molar refractivity (Wildman–Crippen MR) is 66.4 cm³/mol. The van der Waals surface area contributed by atoms with Crippen LogP contribution in [-0.2, 0) is 19.1 Å². The smallest absolute Gasteiger partial charge is 0.306 e. The zero-order chi connectivity index (χ0) is 13.1. The fourth-order valence-electron chi connectivity index (χ4n) is 1.02. The first-order valence-corrected chi connectivity index (χ1v) is 6.64. The first-order chi connectivity index (χ1) is 8.10. The molecule has 1 atom stereocenters. The van der Waals surface area contributed by atoms with Crippen molar-refractivity contribution in [1.82, 2.24) is 0 Å². The van der Waals surface area contributed by atoms with Crippen LogP contribution in [0, 0.1) is 0 Å². The molecule has 0 saturated heterocycles. The largest absolute Gasteiger partial charge is 0.462 e. The molecule has 0 aromatic rings. The maximum Gasteiger partial charge on any atom is 0.306 e. The van der Waals surface area contributed by atoms with Gasteiger partial charge >= 0.3 is 11.9 Å². The Hall–Kier alpha value is -0.480. The molecule has 0 saturated carbocycles. The molecule has 1 unspecified atom stereocenters. The molecule has 0 amide bonds. The summed E-state index contributed by atoms with van der Waals surface area (Å²) >= 11 is 10.9. The fraction of sp³-hybridized carbons (Fsp3) is 0.818. The molecule has 0 radical (unpaired) electrons. The minimum absolute atomic E-state index is 0.0771. The molecule has 0 heterocycles. The van der Waals surface area contributed by atoms with Gasteiger partial charge < -0.3 is 9.47 Å². The Morgan fingerprint density at radius 1 is 1.06 bits per heavy atom. The van der Waals surface area contributed by atoms with Crippen molar-refractivity contribution in [2.75, 3.05) is 18.4 Å². The van der Waals surface area contributed by atoms with Crippen LogP contribution in [0.15, 0.2) is 0 Å². The number of alkyl halides is 2. The molecule has 0 rings (SSSR count). The van der Waals surface area contributed by atoms with Gasteiger partial charge in [-0.2, -0.15) is 0 Å². The van der Waals surface area contributed by atoms with E-state index in [1.807, 2.05) is 0 Å². The van der Waals surface area contributed by atoms with Gasteiger partial charge in [0.2, 0.25) is 0 Å². The minimum Gasteiger partial charge on any atom is -0.462 e. The molecule has 6 heteroatoms. The number of halogens is 2. The molecular weight excluding hydrogens is 267 g/mol. The van der Waals surface area contributed by atoms with E-state index in [1.165, 1.54) is 0 Å². The average molecular weight is 285 g/mol. The van der Waals surface area contributed by atoms with E-state index in [1.54, 1.807) is 6.92 Å². The highest BCUT2D eigenvalue weighted by Gasteiger charge is 2.11. The van der Waals surface area contributed by atoms with Crippen LogP contribution in [0.25, 0.3) is 0 Å². The highest BCUT2D eigenvalue weighted by atomic mass is 35.5. The van der Waals surface area contributed by atoms with Gasteiger partial charge in [0, 0.05) is 24.6 Å². The van der Waals surface area contributed by atoms with Gasteiger partial charge in [-0.3, -0.25) is 9.59 Å². The number of carbonyl (C=O) groups is 2. The third-order valence-corrected chi connectivity index (χ3v) is 2.38. The van der Waals surface area contributed by atoms with E-state index in [2.05, 4.69) is 0 Å². The van der Waals surface area contributed by atoms with Crippen molar-refractivity contribution in [1.29, 1.82) is 0 Å². The molecule has 0 aliphatic carbocycles. The van der Waals surface area contributed by atoms with Gasteiger partial charge in [0.1, 0.15) is 12.7 Å². The van der Waals surface area contributed by atoms with Crippen molar-refractivity contribution in [3.63, 3.8) is 0 Å². The fourth-order valence-corrected chi connectivity index (χ4v) is 1.29. The molecule has 4 nitrogen and oxygen atoms in total. The lowest BCUT2D eigenvalue weighted by molar-refractivity contribution is -0.158. The number of esters is 2. The van der Waals surface area contributed by atoms with Crippen LogP contribution in [0.5, 0.6) is 0 Å². The Morgan fingerprint density at radius 3 is 2.12 bits per heavy atom. The molecule has 0 aromatic heterocycles. The molecule has 0 bridgehead atoms. The van der Waals surface area contributed by atoms with E-state index >= 15 is 0 Å². The van der Waals surface area contributed by atoms with Crippen molar-refractivity contribution in [3.8, 4) is 0 Å². The van der Waals surface area contributed by atoms with Crippen LogP contribution < -0.4 is 0 Å². The molecule has 0 N–H and O–H groups in total. The van der Waals surface area contributed by atoms with Gasteiger partial charge in [-0.15, -0.1) is 23.2 Å². The first kappa shape index (κ1) is 16.5. The topological polar surface area (TPSA) is 52.6 Å². The predicted octanol–water partition coefficient (Wildman–Crippen LogP) is 2.50. The van der Waals surface area contributed by atoms with Crippen LogP contribution in [0.2, 0.25) is 0 Å². The number of carbonyl (C=O) groups excluding carboxylic acids is 2. The monoisotopic (exact) mass is 284 g/mol. The standard InChI is InChI=1S/C11H18Cl2O4/c1-9(17-11(15)5-3-7-13)8-16-10(14)4-2-6-12/h9H,2-8H2,1H3. The number of hydrogen-bond donors (Lipinski definition) is 0. The molecule has 0 fully saturated rings. The molecule has 0 aliphatic heterocycles. The lowest BCUT2D eigenvalue weighted by Gasteiger charge is -2.13. The van der Waals surface area contributed by atoms with E-state index in [0.717, 1.165) is 0 Å². The summed E-state index contributed by atoms with van der Waals surface area (Å²) in [5.41, 5.74) is 0. The summed E-state index contributed by atoms with van der Waals surface area (Å²) in [6.07, 6.45) is 1.31. The van der Waals surface area contributed by atoms with Crippen molar-refractivity contribution in [2.45, 2.75) is 38.7 Å². The second-order valence-corrected chi connectivity index (χ2v) is 4.32. The molecule has 0 aromatic carbocycles. The zero-order valence-electron chi connectivity index (χ0n) is 9.92. The van der Waals surface area contributed by atoms with E-state index in [-0.39, 0.29) is 31.4 Å². The summed E-state index contributed by atoms with van der Waals surface area (Å²) in [7, 11) is 0. The molecular formula is C11H18Cl2O4. The average Bonchev–Trinajstić information content (AvgIpc) is 2.31. The van der Waals surface area contributed by atoms with Gasteiger partial charge in [-0.05, 0) is 19.8 Å². The van der Waals surface area contributed by atoms with E-state index in [0.29, 0.717) is 24.6 Å². The Morgan fingerprint density at radius 2 is 1.59 bits per heavy atom. The Kier molecular flexibility index (Phi) is 10.4. The summed E-state index contributed by atoms with van der Waals surface area (Å²) in [4.78, 5) is 22.3.